The minimum Gasteiger partial charge on any atom is -0.496 e. The van der Waals surface area contributed by atoms with Crippen molar-refractivity contribution in [2.24, 2.45) is 11.8 Å². The standard InChI is InChI=1S/C17H25NO2.C12H14O3/c1-4-13-6-8-14(9-7-13)17(19)18-15-10-5-12(2)16(11-15)20-3;1-4-10-7(2)5-9(12(14)15)6-11(10)8(3)13/h5,10-11,13-14H,4,6-9H2,1-3H3,(H,18,19);5-6H,4H2,1-3H3,(H,14,15). The molecule has 0 saturated heterocycles. The molecule has 0 bridgehead atoms. The van der Waals surface area contributed by atoms with Crippen molar-refractivity contribution < 1.29 is 24.2 Å². The number of amides is 1. The number of benzene rings is 2. The summed E-state index contributed by atoms with van der Waals surface area (Å²) in [5, 5.41) is 11.9. The molecule has 0 aliphatic heterocycles. The van der Waals surface area contributed by atoms with Crippen molar-refractivity contribution in [3.8, 4) is 5.75 Å². The maximum atomic E-state index is 12.3. The van der Waals surface area contributed by atoms with E-state index in [-0.39, 0.29) is 23.2 Å². The SMILES string of the molecule is CCC1CCC(C(=O)Nc2ccc(C)c(OC)c2)CC1.CCc1c(C)cc(C(=O)O)cc1C(C)=O. The smallest absolute Gasteiger partial charge is 0.335 e. The predicted octanol–water partition coefficient (Wildman–Crippen LogP) is 6.62. The van der Waals surface area contributed by atoms with Gasteiger partial charge in [-0.2, -0.15) is 0 Å². The van der Waals surface area contributed by atoms with E-state index < -0.39 is 5.97 Å². The van der Waals surface area contributed by atoms with Crippen LogP contribution in [0.3, 0.4) is 0 Å². The topological polar surface area (TPSA) is 92.7 Å². The van der Waals surface area contributed by atoms with Gasteiger partial charge in [-0.15, -0.1) is 0 Å². The average Bonchev–Trinajstić information content (AvgIpc) is 2.84. The monoisotopic (exact) mass is 481 g/mol. The number of ketones is 1. The molecule has 1 fully saturated rings. The fourth-order valence-corrected chi connectivity index (χ4v) is 4.70. The third-order valence-electron chi connectivity index (χ3n) is 6.92. The predicted molar refractivity (Wildman–Crippen MR) is 140 cm³/mol. The molecule has 6 nitrogen and oxygen atoms in total. The van der Waals surface area contributed by atoms with Crippen molar-refractivity contribution >= 4 is 23.3 Å². The molecule has 1 amide bonds. The molecule has 2 N–H and O–H groups in total. The second-order valence-electron chi connectivity index (χ2n) is 9.33. The van der Waals surface area contributed by atoms with E-state index in [4.69, 9.17) is 9.84 Å². The lowest BCUT2D eigenvalue weighted by Gasteiger charge is -2.27. The first kappa shape index (κ1) is 28.1. The van der Waals surface area contributed by atoms with E-state index in [0.717, 1.165) is 53.3 Å². The van der Waals surface area contributed by atoms with Crippen LogP contribution in [0.25, 0.3) is 0 Å². The first-order valence-corrected chi connectivity index (χ1v) is 12.4. The van der Waals surface area contributed by atoms with Gasteiger partial charge in [0.2, 0.25) is 5.91 Å². The van der Waals surface area contributed by atoms with Gasteiger partial charge in [0, 0.05) is 23.2 Å². The van der Waals surface area contributed by atoms with Gasteiger partial charge in [-0.05, 0) is 93.7 Å². The van der Waals surface area contributed by atoms with Gasteiger partial charge in [0.15, 0.2) is 5.78 Å². The zero-order valence-electron chi connectivity index (χ0n) is 21.9. The van der Waals surface area contributed by atoms with Crippen LogP contribution in [0.2, 0.25) is 0 Å². The summed E-state index contributed by atoms with van der Waals surface area (Å²) in [7, 11) is 1.65. The Kier molecular flexibility index (Phi) is 10.5. The number of nitrogens with one attached hydrogen (secondary N) is 1. The summed E-state index contributed by atoms with van der Waals surface area (Å²) in [4.78, 5) is 34.5. The number of anilines is 1. The fraction of sp³-hybridized carbons (Fsp3) is 0.483. The summed E-state index contributed by atoms with van der Waals surface area (Å²) in [6.07, 6.45) is 6.39. The molecule has 35 heavy (non-hydrogen) atoms. The van der Waals surface area contributed by atoms with E-state index in [1.54, 1.807) is 13.2 Å². The van der Waals surface area contributed by atoms with E-state index in [9.17, 15) is 14.4 Å². The Labute approximate surface area is 209 Å². The molecule has 1 aliphatic carbocycles. The first-order chi connectivity index (χ1) is 16.6. The second-order valence-corrected chi connectivity index (χ2v) is 9.33. The molecule has 2 aromatic carbocycles. The molecule has 2 aromatic rings. The van der Waals surface area contributed by atoms with E-state index in [1.807, 2.05) is 39.0 Å². The van der Waals surface area contributed by atoms with Crippen molar-refractivity contribution in [2.75, 3.05) is 12.4 Å². The van der Waals surface area contributed by atoms with Crippen LogP contribution in [0.1, 0.15) is 90.3 Å². The Bertz CT molecular complexity index is 1050. The van der Waals surface area contributed by atoms with Gasteiger partial charge in [-0.1, -0.05) is 26.3 Å². The fourth-order valence-electron chi connectivity index (χ4n) is 4.70. The molecule has 0 spiro atoms. The van der Waals surface area contributed by atoms with Crippen LogP contribution in [0.5, 0.6) is 5.75 Å². The molecule has 0 radical (unpaired) electrons. The number of aromatic carboxylic acids is 1. The van der Waals surface area contributed by atoms with Crippen LogP contribution in [0, 0.1) is 25.7 Å². The maximum absolute atomic E-state index is 12.3. The molecule has 0 atom stereocenters. The highest BCUT2D eigenvalue weighted by Crippen LogP contribution is 2.31. The van der Waals surface area contributed by atoms with Crippen LogP contribution < -0.4 is 10.1 Å². The van der Waals surface area contributed by atoms with E-state index in [0.29, 0.717) is 5.56 Å². The van der Waals surface area contributed by atoms with Crippen LogP contribution in [0.4, 0.5) is 5.69 Å². The van der Waals surface area contributed by atoms with E-state index in [1.165, 1.54) is 32.3 Å². The van der Waals surface area contributed by atoms with Gasteiger partial charge >= 0.3 is 5.97 Å². The summed E-state index contributed by atoms with van der Waals surface area (Å²) in [5.41, 5.74) is 4.41. The maximum Gasteiger partial charge on any atom is 0.335 e. The summed E-state index contributed by atoms with van der Waals surface area (Å²) in [6, 6.07) is 8.87. The Morgan fingerprint density at radius 3 is 2.17 bits per heavy atom. The summed E-state index contributed by atoms with van der Waals surface area (Å²) in [5.74, 6) is 0.882. The third-order valence-corrected chi connectivity index (χ3v) is 6.92. The Morgan fingerprint density at radius 1 is 1.00 bits per heavy atom. The normalized spacial score (nSPS) is 17.1. The van der Waals surface area contributed by atoms with Gasteiger partial charge in [0.25, 0.3) is 0 Å². The molecule has 3 rings (SSSR count). The van der Waals surface area contributed by atoms with Crippen LogP contribution >= 0.6 is 0 Å². The molecule has 0 aromatic heterocycles. The first-order valence-electron chi connectivity index (χ1n) is 12.4. The zero-order chi connectivity index (χ0) is 26.1. The number of methoxy groups -OCH3 is 1. The highest BCUT2D eigenvalue weighted by Gasteiger charge is 2.25. The molecule has 0 unspecified atom stereocenters. The molecule has 6 heteroatoms. The number of carbonyl (C=O) groups excluding carboxylic acids is 2. The van der Waals surface area contributed by atoms with Crippen molar-refractivity contribution in [1.82, 2.24) is 0 Å². The Hall–Kier alpha value is -3.15. The minimum absolute atomic E-state index is 0.0851. The lowest BCUT2D eigenvalue weighted by Crippen LogP contribution is -2.27. The highest BCUT2D eigenvalue weighted by molar-refractivity contribution is 5.99. The summed E-state index contributed by atoms with van der Waals surface area (Å²) >= 11 is 0. The van der Waals surface area contributed by atoms with Gasteiger partial charge < -0.3 is 15.2 Å². The quantitative estimate of drug-likeness (QED) is 0.434. The number of hydrogen-bond donors (Lipinski definition) is 2. The molecular formula is C29H39NO5. The van der Waals surface area contributed by atoms with E-state index in [2.05, 4.69) is 12.2 Å². The Balaban J connectivity index is 0.000000258. The molecule has 190 valence electrons. The minimum atomic E-state index is -0.997. The number of Topliss-reactive ketones (excluding diaryl/α,β-unsaturated/α-hetero) is 1. The molecule has 1 aliphatic rings. The zero-order valence-corrected chi connectivity index (χ0v) is 21.9. The van der Waals surface area contributed by atoms with Crippen molar-refractivity contribution in [3.63, 3.8) is 0 Å². The van der Waals surface area contributed by atoms with Crippen LogP contribution in [-0.4, -0.2) is 29.9 Å². The molecule has 0 heterocycles. The lowest BCUT2D eigenvalue weighted by molar-refractivity contribution is -0.121. The number of ether oxygens (including phenoxy) is 1. The summed E-state index contributed by atoms with van der Waals surface area (Å²) < 4.78 is 5.29. The van der Waals surface area contributed by atoms with Gasteiger partial charge in [-0.25, -0.2) is 4.79 Å². The number of hydrogen-bond acceptors (Lipinski definition) is 4. The summed E-state index contributed by atoms with van der Waals surface area (Å²) in [6.45, 7) is 9.48. The molecule has 1 saturated carbocycles. The van der Waals surface area contributed by atoms with Crippen molar-refractivity contribution in [2.45, 2.75) is 73.1 Å². The highest BCUT2D eigenvalue weighted by atomic mass is 16.5. The van der Waals surface area contributed by atoms with Gasteiger partial charge in [-0.3, -0.25) is 9.59 Å². The average molecular weight is 482 g/mol. The van der Waals surface area contributed by atoms with Gasteiger partial charge in [0.05, 0.1) is 12.7 Å². The van der Waals surface area contributed by atoms with Gasteiger partial charge in [0.1, 0.15) is 5.75 Å². The Morgan fingerprint density at radius 2 is 1.66 bits per heavy atom. The number of carboxylic acids is 1. The lowest BCUT2D eigenvalue weighted by atomic mass is 9.80. The van der Waals surface area contributed by atoms with Crippen molar-refractivity contribution in [1.29, 1.82) is 0 Å². The number of aryl methyl sites for hydroxylation is 2. The van der Waals surface area contributed by atoms with Crippen LogP contribution in [-0.2, 0) is 11.2 Å². The third kappa shape index (κ3) is 7.67. The van der Waals surface area contributed by atoms with Crippen LogP contribution in [0.15, 0.2) is 30.3 Å². The molecular weight excluding hydrogens is 442 g/mol. The van der Waals surface area contributed by atoms with Crippen molar-refractivity contribution in [3.05, 3.63) is 58.1 Å². The largest absolute Gasteiger partial charge is 0.496 e. The second kappa shape index (κ2) is 13.1. The van der Waals surface area contributed by atoms with E-state index >= 15 is 0 Å². The number of carbonyl (C=O) groups is 3. The number of carboxylic acid groups (broad SMARTS) is 1. The number of rotatable bonds is 7.